The van der Waals surface area contributed by atoms with Crippen molar-refractivity contribution in [2.24, 2.45) is 0 Å². The molecule has 2 aliphatic rings. The van der Waals surface area contributed by atoms with E-state index in [9.17, 15) is 10.1 Å². The van der Waals surface area contributed by atoms with Gasteiger partial charge in [-0.1, -0.05) is 19.3 Å². The lowest BCUT2D eigenvalue weighted by molar-refractivity contribution is 0.0929. The molecular formula is C21H26N6O. The SMILES string of the molecule is N#Cc1cccnc1N1CCC(NC(=O)c2cn[nH]c2C2CCCCC2)CC1. The van der Waals surface area contributed by atoms with Gasteiger partial charge in [-0.25, -0.2) is 4.98 Å². The van der Waals surface area contributed by atoms with Crippen LogP contribution in [0.4, 0.5) is 5.82 Å². The van der Waals surface area contributed by atoms with Gasteiger partial charge in [0.15, 0.2) is 0 Å². The van der Waals surface area contributed by atoms with Crippen LogP contribution in [0.2, 0.25) is 0 Å². The largest absolute Gasteiger partial charge is 0.355 e. The number of carbonyl (C=O) groups excluding carboxylic acids is 1. The Bertz CT molecular complexity index is 856. The minimum atomic E-state index is -0.0247. The number of anilines is 1. The van der Waals surface area contributed by atoms with E-state index in [0.717, 1.165) is 50.3 Å². The van der Waals surface area contributed by atoms with Crippen LogP contribution in [0, 0.1) is 11.3 Å². The van der Waals surface area contributed by atoms with Gasteiger partial charge in [0.2, 0.25) is 0 Å². The molecule has 1 aliphatic carbocycles. The molecule has 146 valence electrons. The molecule has 1 aliphatic heterocycles. The normalized spacial score (nSPS) is 18.6. The maximum atomic E-state index is 12.8. The van der Waals surface area contributed by atoms with Crippen LogP contribution >= 0.6 is 0 Å². The summed E-state index contributed by atoms with van der Waals surface area (Å²) in [4.78, 5) is 19.3. The molecule has 0 bridgehead atoms. The number of amides is 1. The number of H-pyrrole nitrogens is 1. The van der Waals surface area contributed by atoms with Crippen molar-refractivity contribution in [1.29, 1.82) is 5.26 Å². The van der Waals surface area contributed by atoms with Crippen molar-refractivity contribution in [1.82, 2.24) is 20.5 Å². The summed E-state index contributed by atoms with van der Waals surface area (Å²) in [6.45, 7) is 1.55. The fourth-order valence-electron chi connectivity index (χ4n) is 4.41. The van der Waals surface area contributed by atoms with E-state index in [2.05, 4.69) is 31.5 Å². The van der Waals surface area contributed by atoms with Gasteiger partial charge in [-0.2, -0.15) is 10.4 Å². The van der Waals surface area contributed by atoms with Crippen molar-refractivity contribution in [2.75, 3.05) is 18.0 Å². The van der Waals surface area contributed by atoms with Gasteiger partial charge in [-0.3, -0.25) is 9.89 Å². The molecule has 0 spiro atoms. The number of carbonyl (C=O) groups is 1. The molecule has 0 atom stereocenters. The van der Waals surface area contributed by atoms with Gasteiger partial charge in [0.25, 0.3) is 5.91 Å². The Labute approximate surface area is 165 Å². The number of pyridine rings is 1. The van der Waals surface area contributed by atoms with E-state index in [4.69, 9.17) is 0 Å². The average molecular weight is 378 g/mol. The first-order valence-electron chi connectivity index (χ1n) is 10.2. The van der Waals surface area contributed by atoms with Crippen LogP contribution < -0.4 is 10.2 Å². The van der Waals surface area contributed by atoms with Crippen molar-refractivity contribution >= 4 is 11.7 Å². The number of aromatic nitrogens is 3. The summed E-state index contributed by atoms with van der Waals surface area (Å²) in [7, 11) is 0. The number of nitriles is 1. The van der Waals surface area contributed by atoms with E-state index in [0.29, 0.717) is 17.0 Å². The summed E-state index contributed by atoms with van der Waals surface area (Å²) in [5.41, 5.74) is 2.30. The van der Waals surface area contributed by atoms with E-state index in [-0.39, 0.29) is 11.9 Å². The number of nitrogens with zero attached hydrogens (tertiary/aromatic N) is 4. The summed E-state index contributed by atoms with van der Waals surface area (Å²) in [5.74, 6) is 1.14. The third kappa shape index (κ3) is 3.86. The van der Waals surface area contributed by atoms with Gasteiger partial charge in [0.1, 0.15) is 11.9 Å². The average Bonchev–Trinajstić information content (AvgIpc) is 3.25. The van der Waals surface area contributed by atoms with Gasteiger partial charge in [0, 0.05) is 31.2 Å². The molecule has 1 saturated carbocycles. The lowest BCUT2D eigenvalue weighted by Crippen LogP contribution is -2.45. The van der Waals surface area contributed by atoms with Crippen LogP contribution in [0.25, 0.3) is 0 Å². The molecule has 2 aromatic heterocycles. The van der Waals surface area contributed by atoms with Crippen LogP contribution in [-0.4, -0.2) is 40.2 Å². The van der Waals surface area contributed by atoms with E-state index in [1.165, 1.54) is 19.3 Å². The molecule has 28 heavy (non-hydrogen) atoms. The van der Waals surface area contributed by atoms with E-state index in [1.54, 1.807) is 24.5 Å². The van der Waals surface area contributed by atoms with Crippen LogP contribution in [0.15, 0.2) is 24.5 Å². The number of nitrogens with one attached hydrogen (secondary N) is 2. The van der Waals surface area contributed by atoms with Crippen LogP contribution in [0.5, 0.6) is 0 Å². The van der Waals surface area contributed by atoms with E-state index in [1.807, 2.05) is 0 Å². The number of hydrogen-bond donors (Lipinski definition) is 2. The van der Waals surface area contributed by atoms with E-state index >= 15 is 0 Å². The Balaban J connectivity index is 1.36. The van der Waals surface area contributed by atoms with Gasteiger partial charge >= 0.3 is 0 Å². The summed E-state index contributed by atoms with van der Waals surface area (Å²) >= 11 is 0. The first kappa shape index (κ1) is 18.5. The lowest BCUT2D eigenvalue weighted by Gasteiger charge is -2.33. The summed E-state index contributed by atoms with van der Waals surface area (Å²) < 4.78 is 0. The number of aromatic amines is 1. The smallest absolute Gasteiger partial charge is 0.254 e. The predicted molar refractivity (Wildman–Crippen MR) is 106 cm³/mol. The summed E-state index contributed by atoms with van der Waals surface area (Å²) in [6.07, 6.45) is 11.1. The molecule has 2 fully saturated rings. The molecule has 4 rings (SSSR count). The molecule has 0 unspecified atom stereocenters. The molecule has 1 amide bonds. The van der Waals surface area contributed by atoms with Gasteiger partial charge < -0.3 is 10.2 Å². The fourth-order valence-corrected chi connectivity index (χ4v) is 4.41. The Morgan fingerprint density at radius 1 is 1.21 bits per heavy atom. The Morgan fingerprint density at radius 2 is 2.00 bits per heavy atom. The van der Waals surface area contributed by atoms with E-state index < -0.39 is 0 Å². The Hall–Kier alpha value is -2.88. The first-order chi connectivity index (χ1) is 13.8. The summed E-state index contributed by atoms with van der Waals surface area (Å²) in [5, 5.41) is 19.7. The fraction of sp³-hybridized carbons (Fsp3) is 0.524. The minimum Gasteiger partial charge on any atom is -0.355 e. The van der Waals surface area contributed by atoms with Crippen molar-refractivity contribution in [2.45, 2.75) is 56.9 Å². The van der Waals surface area contributed by atoms with Gasteiger partial charge in [0.05, 0.1) is 23.0 Å². The van der Waals surface area contributed by atoms with Crippen LogP contribution in [0.1, 0.15) is 72.5 Å². The molecule has 7 nitrogen and oxygen atoms in total. The molecular weight excluding hydrogens is 352 g/mol. The molecule has 2 aromatic rings. The third-order valence-electron chi connectivity index (χ3n) is 5.96. The third-order valence-corrected chi connectivity index (χ3v) is 5.96. The van der Waals surface area contributed by atoms with Gasteiger partial charge in [-0.05, 0) is 37.8 Å². The molecule has 0 radical (unpaired) electrons. The topological polar surface area (TPSA) is 97.7 Å². The highest BCUT2D eigenvalue weighted by atomic mass is 16.1. The quantitative estimate of drug-likeness (QED) is 0.852. The van der Waals surface area contributed by atoms with Crippen LogP contribution in [-0.2, 0) is 0 Å². The summed E-state index contributed by atoms with van der Waals surface area (Å²) in [6, 6.07) is 5.91. The minimum absolute atomic E-state index is 0.0247. The molecule has 7 heteroatoms. The highest BCUT2D eigenvalue weighted by Crippen LogP contribution is 2.33. The Morgan fingerprint density at radius 3 is 2.75 bits per heavy atom. The monoisotopic (exact) mass is 378 g/mol. The maximum Gasteiger partial charge on any atom is 0.254 e. The van der Waals surface area contributed by atoms with Gasteiger partial charge in [-0.15, -0.1) is 0 Å². The second-order valence-electron chi connectivity index (χ2n) is 7.75. The maximum absolute atomic E-state index is 12.8. The first-order valence-corrected chi connectivity index (χ1v) is 10.2. The molecule has 0 aromatic carbocycles. The van der Waals surface area contributed by atoms with Crippen molar-refractivity contribution in [3.05, 3.63) is 41.3 Å². The number of piperidine rings is 1. The highest BCUT2D eigenvalue weighted by Gasteiger charge is 2.27. The highest BCUT2D eigenvalue weighted by molar-refractivity contribution is 5.95. The van der Waals surface area contributed by atoms with Crippen molar-refractivity contribution in [3.63, 3.8) is 0 Å². The number of hydrogen-bond acceptors (Lipinski definition) is 5. The number of rotatable bonds is 4. The second kappa shape index (κ2) is 8.42. The second-order valence-corrected chi connectivity index (χ2v) is 7.75. The lowest BCUT2D eigenvalue weighted by atomic mass is 9.85. The Kier molecular flexibility index (Phi) is 5.56. The van der Waals surface area contributed by atoms with Crippen molar-refractivity contribution in [3.8, 4) is 6.07 Å². The predicted octanol–water partition coefficient (Wildman–Crippen LogP) is 3.12. The molecule has 2 N–H and O–H groups in total. The zero-order valence-electron chi connectivity index (χ0n) is 16.0. The molecule has 1 saturated heterocycles. The standard InChI is InChI=1S/C21H26N6O/c22-13-16-7-4-10-23-20(16)27-11-8-17(9-12-27)25-21(28)18-14-24-26-19(18)15-5-2-1-3-6-15/h4,7,10,14-15,17H,1-3,5-6,8-9,11-12H2,(H,24,26)(H,25,28). The molecule has 3 heterocycles. The zero-order chi connectivity index (χ0) is 19.3. The zero-order valence-corrected chi connectivity index (χ0v) is 16.0. The van der Waals surface area contributed by atoms with Crippen LogP contribution in [0.3, 0.4) is 0 Å². The van der Waals surface area contributed by atoms with Crippen molar-refractivity contribution < 1.29 is 4.79 Å².